The quantitative estimate of drug-likeness (QED) is 0.122. The summed E-state index contributed by atoms with van der Waals surface area (Å²) in [6.45, 7) is -0.579. The number of carboxylic acid groups (broad SMARTS) is 1. The fourth-order valence-electron chi connectivity index (χ4n) is 5.11. The second-order valence-electron chi connectivity index (χ2n) is 11.0. The molecule has 2 heterocycles. The largest absolute Gasteiger partial charge is 0.481 e. The lowest BCUT2D eigenvalue weighted by Gasteiger charge is -2.18. The molecule has 0 saturated carbocycles. The molecule has 0 bridgehead atoms. The number of aryl methyl sites for hydroxylation is 1. The van der Waals surface area contributed by atoms with Crippen molar-refractivity contribution in [1.82, 2.24) is 14.9 Å². The number of aliphatic carboxylic acids is 1. The number of halogens is 2. The van der Waals surface area contributed by atoms with Gasteiger partial charge in [-0.2, -0.15) is 0 Å². The van der Waals surface area contributed by atoms with Gasteiger partial charge in [0, 0.05) is 18.5 Å². The highest BCUT2D eigenvalue weighted by molar-refractivity contribution is 6.39. The molecule has 13 heteroatoms. The van der Waals surface area contributed by atoms with Gasteiger partial charge in [-0.05, 0) is 41.8 Å². The van der Waals surface area contributed by atoms with Gasteiger partial charge < -0.3 is 24.7 Å². The Hall–Kier alpha value is -5.52. The maximum Gasteiger partial charge on any atom is 0.305 e. The lowest BCUT2D eigenvalue weighted by Crippen LogP contribution is -2.45. The molecule has 0 aliphatic rings. The first-order valence-corrected chi connectivity index (χ1v) is 15.9. The van der Waals surface area contributed by atoms with E-state index in [1.54, 1.807) is 24.3 Å². The molecule has 0 aliphatic heterocycles. The predicted molar refractivity (Wildman–Crippen MR) is 184 cm³/mol. The third-order valence-corrected chi connectivity index (χ3v) is 8.14. The second kappa shape index (κ2) is 16.1. The fourth-order valence-corrected chi connectivity index (χ4v) is 5.70. The van der Waals surface area contributed by atoms with Gasteiger partial charge in [-0.15, -0.1) is 0 Å². The van der Waals surface area contributed by atoms with E-state index in [1.165, 1.54) is 16.8 Å². The molecule has 49 heavy (non-hydrogen) atoms. The highest BCUT2D eigenvalue weighted by atomic mass is 35.5. The van der Waals surface area contributed by atoms with E-state index in [0.717, 1.165) is 11.1 Å². The number of hydrogen-bond donors (Lipinski definition) is 3. The molecule has 0 radical (unpaired) electrons. The zero-order valence-corrected chi connectivity index (χ0v) is 27.4. The number of rotatable bonds is 14. The van der Waals surface area contributed by atoms with Crippen LogP contribution in [0.5, 0.6) is 0 Å². The predicted octanol–water partition coefficient (Wildman–Crippen LogP) is 5.81. The Morgan fingerprint density at radius 2 is 1.49 bits per heavy atom. The summed E-state index contributed by atoms with van der Waals surface area (Å²) in [7, 11) is 0. The summed E-state index contributed by atoms with van der Waals surface area (Å²) in [6.07, 6.45) is 1.28. The van der Waals surface area contributed by atoms with Gasteiger partial charge in [0.25, 0.3) is 11.4 Å². The van der Waals surface area contributed by atoms with Crippen molar-refractivity contribution in [2.75, 3.05) is 5.32 Å². The van der Waals surface area contributed by atoms with Crippen LogP contribution in [0.3, 0.4) is 0 Å². The van der Waals surface area contributed by atoms with Crippen LogP contribution in [0.2, 0.25) is 10.0 Å². The Kier molecular flexibility index (Phi) is 11.4. The van der Waals surface area contributed by atoms with E-state index in [2.05, 4.69) is 15.6 Å². The van der Waals surface area contributed by atoms with Crippen molar-refractivity contribution in [3.63, 3.8) is 0 Å². The number of benzene rings is 3. The van der Waals surface area contributed by atoms with E-state index in [1.807, 2.05) is 60.7 Å². The van der Waals surface area contributed by atoms with Gasteiger partial charge in [0.2, 0.25) is 17.6 Å². The molecule has 0 unspecified atom stereocenters. The number of amides is 2. The van der Waals surface area contributed by atoms with Crippen LogP contribution in [0, 0.1) is 0 Å². The molecular formula is C36H30Cl2N4O7. The Morgan fingerprint density at radius 1 is 0.837 bits per heavy atom. The van der Waals surface area contributed by atoms with Crippen molar-refractivity contribution in [3.05, 3.63) is 140 Å². The lowest BCUT2D eigenvalue weighted by atomic mass is 10.1. The molecular weight excluding hydrogens is 671 g/mol. The average molecular weight is 702 g/mol. The van der Waals surface area contributed by atoms with E-state index < -0.39 is 48.1 Å². The number of carboxylic acids is 1. The Morgan fingerprint density at radius 3 is 2.14 bits per heavy atom. The zero-order valence-electron chi connectivity index (χ0n) is 25.9. The molecule has 2 amide bonds. The fraction of sp³-hybridized carbons (Fsp3) is 0.167. The number of ketones is 1. The number of nitrogens with zero attached hydrogens (tertiary/aromatic N) is 2. The van der Waals surface area contributed by atoms with Gasteiger partial charge in [-0.25, -0.2) is 4.98 Å². The summed E-state index contributed by atoms with van der Waals surface area (Å²) in [6, 6.07) is 24.9. The number of oxazole rings is 1. The maximum atomic E-state index is 13.7. The summed E-state index contributed by atoms with van der Waals surface area (Å²) in [5.41, 5.74) is 1.87. The molecule has 3 aromatic carbocycles. The number of aromatic nitrogens is 2. The normalized spacial score (nSPS) is 11.5. The molecule has 0 saturated heterocycles. The van der Waals surface area contributed by atoms with E-state index in [-0.39, 0.29) is 45.8 Å². The minimum Gasteiger partial charge on any atom is -0.481 e. The molecule has 3 N–H and O–H groups in total. The number of nitrogens with one attached hydrogen (secondary N) is 2. The van der Waals surface area contributed by atoms with Crippen LogP contribution in [-0.2, 0) is 33.8 Å². The minimum atomic E-state index is -1.59. The van der Waals surface area contributed by atoms with Crippen LogP contribution in [0.1, 0.15) is 40.3 Å². The van der Waals surface area contributed by atoms with Crippen molar-refractivity contribution in [2.45, 2.75) is 38.3 Å². The molecule has 0 fully saturated rings. The summed E-state index contributed by atoms with van der Waals surface area (Å²) >= 11 is 12.5. The molecule has 250 valence electrons. The molecule has 11 nitrogen and oxygen atoms in total. The highest BCUT2D eigenvalue weighted by Crippen LogP contribution is 2.35. The van der Waals surface area contributed by atoms with Crippen LogP contribution in [0.15, 0.2) is 106 Å². The molecule has 2 aromatic heterocycles. The second-order valence-corrected chi connectivity index (χ2v) is 11.8. The van der Waals surface area contributed by atoms with E-state index in [0.29, 0.717) is 12.1 Å². The van der Waals surface area contributed by atoms with Crippen molar-refractivity contribution in [1.29, 1.82) is 0 Å². The van der Waals surface area contributed by atoms with Gasteiger partial charge in [0.15, 0.2) is 5.76 Å². The summed E-state index contributed by atoms with van der Waals surface area (Å²) in [4.78, 5) is 69.0. The third kappa shape index (κ3) is 9.10. The standard InChI is InChI=1S/C36H30Cl2N4O7/c37-25-12-7-13-26(38)33(25)29-20-39-35(49-29)34(47)28(19-32(45)46)41-31(44)21-42-24(18-23-10-5-2-6-11-23)15-16-27(36(42)48)40-30(43)17-14-22-8-3-1-4-9-22/h1-13,15-16,20,28H,14,17-19,21H2,(H,40,43)(H,41,44)(H,45,46)/t28-/m0/s1. The van der Waals surface area contributed by atoms with E-state index in [4.69, 9.17) is 27.6 Å². The van der Waals surface area contributed by atoms with Gasteiger partial charge in [0.1, 0.15) is 18.3 Å². The third-order valence-electron chi connectivity index (χ3n) is 7.51. The van der Waals surface area contributed by atoms with E-state index in [9.17, 15) is 29.1 Å². The number of carbonyl (C=O) groups excluding carboxylic acids is 3. The Labute approximate surface area is 290 Å². The molecule has 1 atom stereocenters. The average Bonchev–Trinajstić information content (AvgIpc) is 3.56. The van der Waals surface area contributed by atoms with Crippen LogP contribution in [0.25, 0.3) is 11.3 Å². The van der Waals surface area contributed by atoms with Gasteiger partial charge in [-0.1, -0.05) is 89.9 Å². The number of anilines is 1. The van der Waals surface area contributed by atoms with Crippen molar-refractivity contribution >= 4 is 52.5 Å². The number of carbonyl (C=O) groups is 4. The number of Topliss-reactive ketones (excluding diaryl/α,β-unsaturated/α-hetero) is 1. The minimum absolute atomic E-state index is 0.0358. The highest BCUT2D eigenvalue weighted by Gasteiger charge is 2.29. The van der Waals surface area contributed by atoms with Crippen molar-refractivity contribution in [3.8, 4) is 11.3 Å². The summed E-state index contributed by atoms with van der Waals surface area (Å²) < 4.78 is 6.77. The number of pyridine rings is 1. The topological polar surface area (TPSA) is 161 Å². The summed E-state index contributed by atoms with van der Waals surface area (Å²) in [5.74, 6) is -3.91. The SMILES string of the molecule is O=C(O)C[C@H](NC(=O)Cn1c(Cc2ccccc2)ccc(NC(=O)CCc2ccccc2)c1=O)C(=O)c1ncc(-c2c(Cl)cccc2Cl)o1. The maximum absolute atomic E-state index is 13.7. The zero-order chi connectivity index (χ0) is 34.9. The van der Waals surface area contributed by atoms with Gasteiger partial charge in [0.05, 0.1) is 28.2 Å². The van der Waals surface area contributed by atoms with Crippen LogP contribution in [0.4, 0.5) is 5.69 Å². The van der Waals surface area contributed by atoms with Crippen LogP contribution < -0.4 is 16.2 Å². The molecule has 0 aliphatic carbocycles. The van der Waals surface area contributed by atoms with Crippen molar-refractivity contribution < 1.29 is 28.7 Å². The summed E-state index contributed by atoms with van der Waals surface area (Å²) in [5, 5.41) is 15.1. The molecule has 5 aromatic rings. The first kappa shape index (κ1) is 34.8. The van der Waals surface area contributed by atoms with Crippen LogP contribution >= 0.6 is 23.2 Å². The Balaban J connectivity index is 1.37. The van der Waals surface area contributed by atoms with E-state index >= 15 is 0 Å². The lowest BCUT2D eigenvalue weighted by molar-refractivity contribution is -0.137. The van der Waals surface area contributed by atoms with Gasteiger partial charge in [-0.3, -0.25) is 24.0 Å². The van der Waals surface area contributed by atoms with Crippen molar-refractivity contribution in [2.24, 2.45) is 0 Å². The molecule has 0 spiro atoms. The van der Waals surface area contributed by atoms with Crippen LogP contribution in [-0.4, -0.2) is 44.3 Å². The van der Waals surface area contributed by atoms with Gasteiger partial charge >= 0.3 is 5.97 Å². The smallest absolute Gasteiger partial charge is 0.305 e. The number of hydrogen-bond acceptors (Lipinski definition) is 7. The Bertz CT molecular complexity index is 2030. The first-order chi connectivity index (χ1) is 23.6. The monoisotopic (exact) mass is 700 g/mol. The molecule has 5 rings (SSSR count). The first-order valence-electron chi connectivity index (χ1n) is 15.1.